The molecule has 164 valence electrons. The molecule has 0 radical (unpaired) electrons. The lowest BCUT2D eigenvalue weighted by Crippen LogP contribution is -2.56. The summed E-state index contributed by atoms with van der Waals surface area (Å²) in [4.78, 5) is 46.6. The van der Waals surface area contributed by atoms with Crippen molar-refractivity contribution in [2.24, 2.45) is 11.8 Å². The average molecular weight is 454 g/mol. The maximum Gasteiger partial charge on any atom is 0.253 e. The fourth-order valence-electron chi connectivity index (χ4n) is 6.53. The number of nitrogens with zero attached hydrogens (tertiary/aromatic N) is 3. The molecule has 3 amide bonds. The molecule has 32 heavy (non-hydrogen) atoms. The second-order valence-corrected chi connectivity index (χ2v) is 9.26. The predicted molar refractivity (Wildman–Crippen MR) is 117 cm³/mol. The summed E-state index contributed by atoms with van der Waals surface area (Å²) in [5.41, 5.74) is 0.650. The topological polar surface area (TPSA) is 60.9 Å². The monoisotopic (exact) mass is 453 g/mol. The number of amides is 3. The van der Waals surface area contributed by atoms with Crippen LogP contribution in [0.5, 0.6) is 0 Å². The first kappa shape index (κ1) is 19.9. The first-order valence-corrected chi connectivity index (χ1v) is 11.3. The van der Waals surface area contributed by atoms with Gasteiger partial charge >= 0.3 is 0 Å². The molecule has 8 heteroatoms. The van der Waals surface area contributed by atoms with Crippen molar-refractivity contribution < 1.29 is 18.8 Å². The van der Waals surface area contributed by atoms with Crippen molar-refractivity contribution in [1.82, 2.24) is 4.90 Å². The Labute approximate surface area is 189 Å². The third-order valence-corrected chi connectivity index (χ3v) is 7.91. The van der Waals surface area contributed by atoms with Gasteiger partial charge in [-0.15, -0.1) is 0 Å². The number of carbonyl (C=O) groups is 3. The summed E-state index contributed by atoms with van der Waals surface area (Å²) >= 11 is 5.95. The van der Waals surface area contributed by atoms with Gasteiger partial charge in [-0.2, -0.15) is 0 Å². The summed E-state index contributed by atoms with van der Waals surface area (Å²) in [6, 6.07) is 11.2. The zero-order valence-corrected chi connectivity index (χ0v) is 18.2. The van der Waals surface area contributed by atoms with Gasteiger partial charge < -0.3 is 4.90 Å². The Balaban J connectivity index is 1.56. The molecule has 0 aromatic heterocycles. The molecule has 0 N–H and O–H groups in total. The normalized spacial score (nSPS) is 31.1. The smallest absolute Gasteiger partial charge is 0.253 e. The predicted octanol–water partition coefficient (Wildman–Crippen LogP) is 3.32. The fraction of sp³-hybridized carbons (Fsp3) is 0.375. The second-order valence-electron chi connectivity index (χ2n) is 8.85. The number of para-hydroxylation sites is 1. The van der Waals surface area contributed by atoms with Gasteiger partial charge in [0.2, 0.25) is 11.8 Å². The molecule has 6 nitrogen and oxygen atoms in total. The molecule has 2 aromatic carbocycles. The maximum atomic E-state index is 14.0. The van der Waals surface area contributed by atoms with Gasteiger partial charge in [0.25, 0.3) is 5.91 Å². The van der Waals surface area contributed by atoms with E-state index in [0.29, 0.717) is 13.1 Å². The number of rotatable bonds is 2. The Bertz CT molecular complexity index is 1200. The zero-order chi connectivity index (χ0) is 22.4. The van der Waals surface area contributed by atoms with Crippen LogP contribution in [0.2, 0.25) is 5.02 Å². The lowest BCUT2D eigenvalue weighted by atomic mass is 9.75. The molecule has 3 fully saturated rings. The zero-order valence-electron chi connectivity index (χ0n) is 17.4. The van der Waals surface area contributed by atoms with Crippen LogP contribution in [0, 0.1) is 17.7 Å². The molecule has 4 heterocycles. The quantitative estimate of drug-likeness (QED) is 0.654. The van der Waals surface area contributed by atoms with Gasteiger partial charge in [-0.05, 0) is 50.6 Å². The number of hydrogen-bond acceptors (Lipinski definition) is 4. The van der Waals surface area contributed by atoms with E-state index in [4.69, 9.17) is 11.6 Å². The summed E-state index contributed by atoms with van der Waals surface area (Å²) in [6.45, 7) is 3.06. The summed E-state index contributed by atoms with van der Waals surface area (Å²) < 4.78 is 13.7. The summed E-state index contributed by atoms with van der Waals surface area (Å²) in [5.74, 6) is -2.96. The van der Waals surface area contributed by atoms with E-state index >= 15 is 0 Å². The minimum Gasteiger partial charge on any atom is -0.310 e. The van der Waals surface area contributed by atoms with Crippen molar-refractivity contribution in [3.63, 3.8) is 0 Å². The van der Waals surface area contributed by atoms with Crippen LogP contribution in [0.1, 0.15) is 25.3 Å². The van der Waals surface area contributed by atoms with E-state index in [1.807, 2.05) is 31.2 Å². The van der Waals surface area contributed by atoms with E-state index in [1.54, 1.807) is 4.90 Å². The van der Waals surface area contributed by atoms with E-state index in [9.17, 15) is 18.8 Å². The van der Waals surface area contributed by atoms with E-state index in [2.05, 4.69) is 4.90 Å². The summed E-state index contributed by atoms with van der Waals surface area (Å²) in [6.07, 6.45) is 1.61. The minimum absolute atomic E-state index is 0.138. The molecule has 4 aliphatic heterocycles. The highest BCUT2D eigenvalue weighted by Crippen LogP contribution is 2.61. The van der Waals surface area contributed by atoms with Gasteiger partial charge in [-0.25, -0.2) is 9.29 Å². The lowest BCUT2D eigenvalue weighted by molar-refractivity contribution is -0.137. The number of halogens is 2. The van der Waals surface area contributed by atoms with E-state index < -0.39 is 29.1 Å². The number of likely N-dealkylation sites (N-methyl/N-ethyl adjacent to an activating group) is 1. The third kappa shape index (κ3) is 2.16. The van der Waals surface area contributed by atoms with Gasteiger partial charge in [0.1, 0.15) is 11.4 Å². The second kappa shape index (κ2) is 6.62. The van der Waals surface area contributed by atoms with Crippen LogP contribution in [0.25, 0.3) is 0 Å². The third-order valence-electron chi connectivity index (χ3n) is 7.62. The molecule has 1 spiro atoms. The van der Waals surface area contributed by atoms with Crippen LogP contribution >= 0.6 is 11.6 Å². The van der Waals surface area contributed by atoms with Gasteiger partial charge in [0, 0.05) is 23.8 Å². The van der Waals surface area contributed by atoms with Crippen molar-refractivity contribution in [3.05, 3.63) is 58.9 Å². The number of imide groups is 1. The molecule has 4 aliphatic rings. The highest BCUT2D eigenvalue weighted by molar-refractivity contribution is 6.32. The molecule has 2 aromatic rings. The molecular formula is C24H21ClFN3O3. The van der Waals surface area contributed by atoms with Crippen LogP contribution in [-0.2, 0) is 19.9 Å². The van der Waals surface area contributed by atoms with Crippen LogP contribution in [0.4, 0.5) is 15.8 Å². The first-order valence-electron chi connectivity index (χ1n) is 10.9. The molecule has 0 unspecified atom stereocenters. The number of carbonyl (C=O) groups excluding carboxylic acids is 3. The fourth-order valence-corrected chi connectivity index (χ4v) is 6.71. The van der Waals surface area contributed by atoms with Crippen LogP contribution < -0.4 is 9.80 Å². The Morgan fingerprint density at radius 1 is 1.12 bits per heavy atom. The Kier molecular flexibility index (Phi) is 4.11. The minimum atomic E-state index is -1.19. The molecule has 0 bridgehead atoms. The van der Waals surface area contributed by atoms with Crippen molar-refractivity contribution >= 4 is 40.7 Å². The van der Waals surface area contributed by atoms with Crippen molar-refractivity contribution in [2.75, 3.05) is 22.9 Å². The van der Waals surface area contributed by atoms with E-state index in [-0.39, 0.29) is 28.6 Å². The van der Waals surface area contributed by atoms with Crippen molar-refractivity contribution in [1.29, 1.82) is 0 Å². The molecule has 4 atom stereocenters. The highest BCUT2D eigenvalue weighted by atomic mass is 35.5. The van der Waals surface area contributed by atoms with Crippen molar-refractivity contribution in [3.8, 4) is 0 Å². The molecular weight excluding hydrogens is 433 g/mol. The number of fused-ring (bicyclic) bond motifs is 7. The number of benzene rings is 2. The Morgan fingerprint density at radius 2 is 1.91 bits per heavy atom. The van der Waals surface area contributed by atoms with Crippen LogP contribution in [0.3, 0.4) is 0 Å². The lowest BCUT2D eigenvalue weighted by Gasteiger charge is -2.37. The van der Waals surface area contributed by atoms with Crippen LogP contribution in [-0.4, -0.2) is 41.8 Å². The molecule has 6 rings (SSSR count). The first-order chi connectivity index (χ1) is 15.4. The average Bonchev–Trinajstić information content (AvgIpc) is 3.48. The van der Waals surface area contributed by atoms with Crippen LogP contribution in [0.15, 0.2) is 42.5 Å². The standard InChI is InChI=1S/C24H21ClFN3O3/c1-2-27-17-7-4-3-6-14(17)24(23(27)32)20-19(18-8-5-11-28(18)24)21(30)29(22(20)31)13-9-10-16(26)15(25)12-13/h3-4,6-7,9-10,12,18-20H,2,5,8,11H2,1H3/t18-,19+,20-,24-/m0/s1. The number of hydrogen-bond donors (Lipinski definition) is 0. The SMILES string of the molecule is CCN1C(=O)[C@]2(c3ccccc31)[C@@H]1C(=O)N(c3ccc(F)c(Cl)c3)C(=O)[C@@H]1[C@@H]1CCCN12. The molecule has 3 saturated heterocycles. The van der Waals surface area contributed by atoms with Gasteiger partial charge in [0.05, 0.1) is 22.5 Å². The number of anilines is 2. The van der Waals surface area contributed by atoms with Gasteiger partial charge in [0.15, 0.2) is 0 Å². The Hall–Kier alpha value is -2.77. The Morgan fingerprint density at radius 3 is 2.66 bits per heavy atom. The highest BCUT2D eigenvalue weighted by Gasteiger charge is 2.75. The molecule has 0 saturated carbocycles. The summed E-state index contributed by atoms with van der Waals surface area (Å²) in [5, 5.41) is -0.156. The van der Waals surface area contributed by atoms with Gasteiger partial charge in [-0.1, -0.05) is 29.8 Å². The van der Waals surface area contributed by atoms with E-state index in [1.165, 1.54) is 12.1 Å². The maximum absolute atomic E-state index is 14.0. The molecule has 0 aliphatic carbocycles. The van der Waals surface area contributed by atoms with Crippen molar-refractivity contribution in [2.45, 2.75) is 31.3 Å². The summed E-state index contributed by atoms with van der Waals surface area (Å²) in [7, 11) is 0. The largest absolute Gasteiger partial charge is 0.310 e. The van der Waals surface area contributed by atoms with E-state index in [0.717, 1.165) is 35.1 Å². The van der Waals surface area contributed by atoms with Gasteiger partial charge in [-0.3, -0.25) is 19.3 Å².